The first-order chi connectivity index (χ1) is 7.04. The number of hydrogen-bond acceptors (Lipinski definition) is 3. The van der Waals surface area contributed by atoms with E-state index in [0.717, 1.165) is 19.3 Å². The maximum atomic E-state index is 11.3. The van der Waals surface area contributed by atoms with Crippen molar-refractivity contribution in [1.29, 1.82) is 0 Å². The summed E-state index contributed by atoms with van der Waals surface area (Å²) in [6.45, 7) is 5.94. The average molecular weight is 212 g/mol. The number of aliphatic hydroxyl groups is 1. The van der Waals surface area contributed by atoms with Gasteiger partial charge in [0.25, 0.3) is 0 Å². The Morgan fingerprint density at radius 3 is 2.80 bits per heavy atom. The molecule has 3 heteroatoms. The zero-order chi connectivity index (χ0) is 11.4. The SMILES string of the molecule is CCC(C)CC[C@@H]1CC(O)=C(C)C(=O)O1. The molecule has 86 valence electrons. The van der Waals surface area contributed by atoms with Crippen LogP contribution in [0.4, 0.5) is 0 Å². The number of ether oxygens (including phenoxy) is 1. The summed E-state index contributed by atoms with van der Waals surface area (Å²) in [4.78, 5) is 11.3. The Morgan fingerprint density at radius 1 is 1.60 bits per heavy atom. The van der Waals surface area contributed by atoms with Gasteiger partial charge in [0.1, 0.15) is 11.9 Å². The van der Waals surface area contributed by atoms with Crippen molar-refractivity contribution in [1.82, 2.24) is 0 Å². The Morgan fingerprint density at radius 2 is 2.27 bits per heavy atom. The van der Waals surface area contributed by atoms with E-state index in [0.29, 0.717) is 17.9 Å². The van der Waals surface area contributed by atoms with Crippen LogP contribution in [0.3, 0.4) is 0 Å². The van der Waals surface area contributed by atoms with Gasteiger partial charge in [-0.25, -0.2) is 4.79 Å². The van der Waals surface area contributed by atoms with Crippen LogP contribution in [0.2, 0.25) is 0 Å². The van der Waals surface area contributed by atoms with Gasteiger partial charge < -0.3 is 9.84 Å². The highest BCUT2D eigenvalue weighted by Gasteiger charge is 2.26. The van der Waals surface area contributed by atoms with Gasteiger partial charge in [0, 0.05) is 6.42 Å². The Bertz CT molecular complexity index is 268. The maximum absolute atomic E-state index is 11.3. The molecule has 0 saturated carbocycles. The summed E-state index contributed by atoms with van der Waals surface area (Å²) in [5, 5.41) is 9.52. The third-order valence-corrected chi connectivity index (χ3v) is 3.11. The van der Waals surface area contributed by atoms with Crippen LogP contribution >= 0.6 is 0 Å². The van der Waals surface area contributed by atoms with Crippen molar-refractivity contribution in [3.8, 4) is 0 Å². The first-order valence-corrected chi connectivity index (χ1v) is 5.64. The molecule has 0 aromatic rings. The van der Waals surface area contributed by atoms with E-state index in [4.69, 9.17) is 4.74 Å². The van der Waals surface area contributed by atoms with Crippen LogP contribution in [-0.2, 0) is 9.53 Å². The number of esters is 1. The van der Waals surface area contributed by atoms with Gasteiger partial charge in [0.05, 0.1) is 5.57 Å². The minimum absolute atomic E-state index is 0.129. The van der Waals surface area contributed by atoms with Crippen LogP contribution in [0.1, 0.15) is 46.5 Å². The highest BCUT2D eigenvalue weighted by Crippen LogP contribution is 2.24. The van der Waals surface area contributed by atoms with Crippen molar-refractivity contribution in [3.05, 3.63) is 11.3 Å². The van der Waals surface area contributed by atoms with Gasteiger partial charge in [-0.15, -0.1) is 0 Å². The molecule has 1 aliphatic rings. The van der Waals surface area contributed by atoms with Gasteiger partial charge in [0.15, 0.2) is 0 Å². The van der Waals surface area contributed by atoms with E-state index in [2.05, 4.69) is 13.8 Å². The minimum atomic E-state index is -0.368. The monoisotopic (exact) mass is 212 g/mol. The first kappa shape index (κ1) is 12.1. The van der Waals surface area contributed by atoms with Crippen molar-refractivity contribution < 1.29 is 14.6 Å². The molecule has 0 fully saturated rings. The number of hydrogen-bond donors (Lipinski definition) is 1. The van der Waals surface area contributed by atoms with Crippen LogP contribution in [0.15, 0.2) is 11.3 Å². The molecule has 0 saturated heterocycles. The summed E-state index contributed by atoms with van der Waals surface area (Å²) in [6, 6.07) is 0. The van der Waals surface area contributed by atoms with E-state index in [1.165, 1.54) is 0 Å². The molecular weight excluding hydrogens is 192 g/mol. The molecule has 2 atom stereocenters. The molecule has 1 N–H and O–H groups in total. The van der Waals surface area contributed by atoms with Crippen molar-refractivity contribution in [2.75, 3.05) is 0 Å². The van der Waals surface area contributed by atoms with Crippen LogP contribution in [0.5, 0.6) is 0 Å². The summed E-state index contributed by atoms with van der Waals surface area (Å²) in [5.74, 6) is 0.478. The molecule has 0 aliphatic carbocycles. The molecule has 0 spiro atoms. The van der Waals surface area contributed by atoms with Crippen molar-refractivity contribution in [2.24, 2.45) is 5.92 Å². The van der Waals surface area contributed by atoms with Gasteiger partial charge in [-0.2, -0.15) is 0 Å². The first-order valence-electron chi connectivity index (χ1n) is 5.64. The Hall–Kier alpha value is -0.990. The predicted molar refractivity (Wildman–Crippen MR) is 58.5 cm³/mol. The fourth-order valence-electron chi connectivity index (χ4n) is 1.60. The lowest BCUT2D eigenvalue weighted by Crippen LogP contribution is -2.26. The topological polar surface area (TPSA) is 46.5 Å². The Labute approximate surface area is 91.1 Å². The second kappa shape index (κ2) is 5.19. The number of carbonyl (C=O) groups excluding carboxylic acids is 1. The van der Waals surface area contributed by atoms with E-state index < -0.39 is 0 Å². The molecule has 1 unspecified atom stereocenters. The van der Waals surface area contributed by atoms with E-state index in [1.54, 1.807) is 6.92 Å². The average Bonchev–Trinajstić information content (AvgIpc) is 2.22. The molecule has 1 rings (SSSR count). The van der Waals surface area contributed by atoms with E-state index in [-0.39, 0.29) is 17.8 Å². The molecular formula is C12H20O3. The fourth-order valence-corrected chi connectivity index (χ4v) is 1.60. The Kier molecular flexibility index (Phi) is 4.18. The second-order valence-corrected chi connectivity index (χ2v) is 4.39. The summed E-state index contributed by atoms with van der Waals surface area (Å²) >= 11 is 0. The third kappa shape index (κ3) is 3.26. The minimum Gasteiger partial charge on any atom is -0.512 e. The number of carbonyl (C=O) groups is 1. The lowest BCUT2D eigenvalue weighted by molar-refractivity contribution is -0.147. The smallest absolute Gasteiger partial charge is 0.337 e. The number of aliphatic hydroxyl groups excluding tert-OH is 1. The predicted octanol–water partition coefficient (Wildman–Crippen LogP) is 2.96. The van der Waals surface area contributed by atoms with Crippen LogP contribution in [0, 0.1) is 5.92 Å². The lowest BCUT2D eigenvalue weighted by atomic mass is 9.97. The number of rotatable bonds is 4. The molecule has 0 radical (unpaired) electrons. The highest BCUT2D eigenvalue weighted by atomic mass is 16.5. The molecule has 0 aromatic heterocycles. The zero-order valence-corrected chi connectivity index (χ0v) is 9.75. The molecule has 0 bridgehead atoms. The van der Waals surface area contributed by atoms with Crippen LogP contribution < -0.4 is 0 Å². The summed E-state index contributed by atoms with van der Waals surface area (Å²) in [7, 11) is 0. The van der Waals surface area contributed by atoms with Crippen molar-refractivity contribution in [3.63, 3.8) is 0 Å². The molecule has 0 amide bonds. The van der Waals surface area contributed by atoms with Crippen molar-refractivity contribution in [2.45, 2.75) is 52.6 Å². The summed E-state index contributed by atoms with van der Waals surface area (Å²) in [6.07, 6.45) is 3.38. The van der Waals surface area contributed by atoms with Gasteiger partial charge in [-0.1, -0.05) is 20.3 Å². The quantitative estimate of drug-likeness (QED) is 0.729. The third-order valence-electron chi connectivity index (χ3n) is 3.11. The van der Waals surface area contributed by atoms with E-state index in [1.807, 2.05) is 0 Å². The van der Waals surface area contributed by atoms with E-state index in [9.17, 15) is 9.90 Å². The zero-order valence-electron chi connectivity index (χ0n) is 9.75. The normalized spacial score (nSPS) is 23.9. The van der Waals surface area contributed by atoms with Gasteiger partial charge >= 0.3 is 5.97 Å². The number of cyclic esters (lactones) is 1. The largest absolute Gasteiger partial charge is 0.512 e. The molecule has 15 heavy (non-hydrogen) atoms. The molecule has 0 aromatic carbocycles. The maximum Gasteiger partial charge on any atom is 0.337 e. The fraction of sp³-hybridized carbons (Fsp3) is 0.750. The standard InChI is InChI=1S/C12H20O3/c1-4-8(2)5-6-10-7-11(13)9(3)12(14)15-10/h8,10,13H,4-7H2,1-3H3/t8?,10-/m1/s1. The molecule has 3 nitrogen and oxygen atoms in total. The van der Waals surface area contributed by atoms with E-state index >= 15 is 0 Å². The second-order valence-electron chi connectivity index (χ2n) is 4.39. The highest BCUT2D eigenvalue weighted by molar-refractivity contribution is 5.89. The van der Waals surface area contributed by atoms with Crippen LogP contribution in [-0.4, -0.2) is 17.2 Å². The summed E-state index contributed by atoms with van der Waals surface area (Å²) in [5.41, 5.74) is 0.356. The van der Waals surface area contributed by atoms with Gasteiger partial charge in [0.2, 0.25) is 0 Å². The molecule has 1 aliphatic heterocycles. The van der Waals surface area contributed by atoms with Crippen LogP contribution in [0.25, 0.3) is 0 Å². The molecule has 1 heterocycles. The van der Waals surface area contributed by atoms with Gasteiger partial charge in [-0.05, 0) is 25.7 Å². The Balaban J connectivity index is 2.44. The lowest BCUT2D eigenvalue weighted by Gasteiger charge is -2.24. The van der Waals surface area contributed by atoms with Gasteiger partial charge in [-0.3, -0.25) is 0 Å². The van der Waals surface area contributed by atoms with Crippen molar-refractivity contribution >= 4 is 5.97 Å². The summed E-state index contributed by atoms with van der Waals surface area (Å²) < 4.78 is 5.21.